The highest BCUT2D eigenvalue weighted by molar-refractivity contribution is 9.10. The Morgan fingerprint density at radius 3 is 2.88 bits per heavy atom. The third kappa shape index (κ3) is 2.51. The number of hydrogen-bond donors (Lipinski definition) is 0. The Balaban J connectivity index is 2.10. The van der Waals surface area contributed by atoms with Gasteiger partial charge in [-0.25, -0.2) is 0 Å². The standard InChI is InChI=1S/C13H15BrOS/c1-13(7-4-8-16-13)12(15)9-10-5-2-3-6-11(10)14/h2-3,5-6H,4,7-9H2,1H3. The smallest absolute Gasteiger partial charge is 0.152 e. The highest BCUT2D eigenvalue weighted by Crippen LogP contribution is 2.39. The molecule has 1 aliphatic rings. The quantitative estimate of drug-likeness (QED) is 0.843. The summed E-state index contributed by atoms with van der Waals surface area (Å²) in [5.41, 5.74) is 1.10. The summed E-state index contributed by atoms with van der Waals surface area (Å²) >= 11 is 5.30. The molecule has 0 amide bonds. The summed E-state index contributed by atoms with van der Waals surface area (Å²) in [6.45, 7) is 2.09. The normalized spacial score (nSPS) is 24.6. The number of halogens is 1. The molecule has 0 bridgehead atoms. The number of benzene rings is 1. The highest BCUT2D eigenvalue weighted by Gasteiger charge is 2.36. The van der Waals surface area contributed by atoms with Crippen molar-refractivity contribution in [3.63, 3.8) is 0 Å². The molecular formula is C13H15BrOS. The molecule has 0 spiro atoms. The molecule has 1 aromatic rings. The average Bonchev–Trinajstić information content (AvgIpc) is 2.70. The van der Waals surface area contributed by atoms with Crippen molar-refractivity contribution >= 4 is 33.5 Å². The Labute approximate surface area is 109 Å². The van der Waals surface area contributed by atoms with Gasteiger partial charge in [-0.05, 0) is 37.1 Å². The number of carbonyl (C=O) groups excluding carboxylic acids is 1. The van der Waals surface area contributed by atoms with Gasteiger partial charge in [-0.15, -0.1) is 11.8 Å². The molecule has 0 radical (unpaired) electrons. The van der Waals surface area contributed by atoms with Crippen molar-refractivity contribution in [1.29, 1.82) is 0 Å². The van der Waals surface area contributed by atoms with Crippen molar-refractivity contribution in [3.8, 4) is 0 Å². The van der Waals surface area contributed by atoms with Crippen molar-refractivity contribution in [1.82, 2.24) is 0 Å². The number of carbonyl (C=O) groups is 1. The maximum absolute atomic E-state index is 12.2. The summed E-state index contributed by atoms with van der Waals surface area (Å²) in [6.07, 6.45) is 2.74. The van der Waals surface area contributed by atoms with E-state index in [1.807, 2.05) is 36.0 Å². The van der Waals surface area contributed by atoms with Crippen LogP contribution in [0.4, 0.5) is 0 Å². The summed E-state index contributed by atoms with van der Waals surface area (Å²) in [4.78, 5) is 12.2. The number of hydrogen-bond acceptors (Lipinski definition) is 2. The highest BCUT2D eigenvalue weighted by atomic mass is 79.9. The van der Waals surface area contributed by atoms with Crippen molar-refractivity contribution in [3.05, 3.63) is 34.3 Å². The molecule has 0 aromatic heterocycles. The van der Waals surface area contributed by atoms with Crippen LogP contribution in [0.3, 0.4) is 0 Å². The predicted molar refractivity (Wildman–Crippen MR) is 73.0 cm³/mol. The molecule has 1 saturated heterocycles. The van der Waals surface area contributed by atoms with Gasteiger partial charge in [0.1, 0.15) is 0 Å². The Bertz CT molecular complexity index is 397. The number of thioether (sulfide) groups is 1. The van der Waals surface area contributed by atoms with Crippen molar-refractivity contribution in [2.75, 3.05) is 5.75 Å². The second-order valence-electron chi connectivity index (χ2n) is 4.37. The van der Waals surface area contributed by atoms with Crippen molar-refractivity contribution < 1.29 is 4.79 Å². The molecule has 16 heavy (non-hydrogen) atoms. The molecule has 1 aliphatic heterocycles. The summed E-state index contributed by atoms with van der Waals surface area (Å²) in [5, 5.41) is 0. The van der Waals surface area contributed by atoms with Gasteiger partial charge in [-0.3, -0.25) is 4.79 Å². The maximum atomic E-state index is 12.2. The molecule has 1 nitrogen and oxygen atoms in total. The molecule has 1 unspecified atom stereocenters. The molecule has 1 atom stereocenters. The predicted octanol–water partition coefficient (Wildman–Crippen LogP) is 3.85. The minimum absolute atomic E-state index is 0.144. The van der Waals surface area contributed by atoms with Crippen LogP contribution in [0.2, 0.25) is 0 Å². The monoisotopic (exact) mass is 298 g/mol. The van der Waals surface area contributed by atoms with Crippen LogP contribution in [-0.2, 0) is 11.2 Å². The third-order valence-corrected chi connectivity index (χ3v) is 5.45. The molecule has 3 heteroatoms. The van der Waals surface area contributed by atoms with Crippen LogP contribution in [-0.4, -0.2) is 16.3 Å². The lowest BCUT2D eigenvalue weighted by Gasteiger charge is -2.21. The summed E-state index contributed by atoms with van der Waals surface area (Å²) < 4.78 is 0.893. The number of rotatable bonds is 3. The van der Waals surface area contributed by atoms with Crippen molar-refractivity contribution in [2.24, 2.45) is 0 Å². The Morgan fingerprint density at radius 1 is 1.50 bits per heavy atom. The van der Waals surface area contributed by atoms with Gasteiger partial charge in [-0.2, -0.15) is 0 Å². The van der Waals surface area contributed by atoms with E-state index in [2.05, 4.69) is 22.9 Å². The fourth-order valence-corrected chi connectivity index (χ4v) is 3.69. The number of ketones is 1. The molecule has 0 N–H and O–H groups in total. The van der Waals surface area contributed by atoms with E-state index in [0.29, 0.717) is 12.2 Å². The van der Waals surface area contributed by atoms with Gasteiger partial charge in [0.2, 0.25) is 0 Å². The molecule has 1 aromatic carbocycles. The second-order valence-corrected chi connectivity index (χ2v) is 6.83. The zero-order valence-electron chi connectivity index (χ0n) is 9.33. The van der Waals surface area contributed by atoms with E-state index < -0.39 is 0 Å². The van der Waals surface area contributed by atoms with E-state index in [4.69, 9.17) is 0 Å². The van der Waals surface area contributed by atoms with Gasteiger partial charge in [0.15, 0.2) is 5.78 Å². The zero-order valence-corrected chi connectivity index (χ0v) is 11.7. The van der Waals surface area contributed by atoms with Gasteiger partial charge in [0.05, 0.1) is 4.75 Å². The second kappa shape index (κ2) is 4.92. The Morgan fingerprint density at radius 2 is 2.25 bits per heavy atom. The van der Waals surface area contributed by atoms with Crippen molar-refractivity contribution in [2.45, 2.75) is 30.9 Å². The lowest BCUT2D eigenvalue weighted by Crippen LogP contribution is -2.30. The Kier molecular flexibility index (Phi) is 3.75. The van der Waals surface area contributed by atoms with E-state index in [1.165, 1.54) is 6.42 Å². The first-order valence-corrected chi connectivity index (χ1v) is 7.30. The minimum Gasteiger partial charge on any atom is -0.298 e. The van der Waals surface area contributed by atoms with E-state index in [9.17, 15) is 4.79 Å². The van der Waals surface area contributed by atoms with Gasteiger partial charge < -0.3 is 0 Å². The SMILES string of the molecule is CC1(C(=O)Cc2ccccc2Br)CCCS1. The summed E-state index contributed by atoms with van der Waals surface area (Å²) in [6, 6.07) is 7.97. The molecule has 86 valence electrons. The fraction of sp³-hybridized carbons (Fsp3) is 0.462. The molecule has 1 fully saturated rings. The van der Waals surface area contributed by atoms with Crippen LogP contribution in [0.25, 0.3) is 0 Å². The van der Waals surface area contributed by atoms with E-state index in [0.717, 1.165) is 22.2 Å². The fourth-order valence-electron chi connectivity index (χ4n) is 2.00. The third-order valence-electron chi connectivity index (χ3n) is 3.12. The van der Waals surface area contributed by atoms with Crippen LogP contribution in [0.1, 0.15) is 25.3 Å². The lowest BCUT2D eigenvalue weighted by molar-refractivity contribution is -0.120. The van der Waals surface area contributed by atoms with Crippen LogP contribution >= 0.6 is 27.7 Å². The van der Waals surface area contributed by atoms with Crippen LogP contribution < -0.4 is 0 Å². The van der Waals surface area contributed by atoms with Crippen LogP contribution in [0, 0.1) is 0 Å². The summed E-state index contributed by atoms with van der Waals surface area (Å²) in [5.74, 6) is 1.49. The first kappa shape index (κ1) is 12.2. The largest absolute Gasteiger partial charge is 0.298 e. The van der Waals surface area contributed by atoms with Gasteiger partial charge in [-0.1, -0.05) is 34.1 Å². The molecular weight excluding hydrogens is 284 g/mol. The molecule has 0 aliphatic carbocycles. The maximum Gasteiger partial charge on any atom is 0.152 e. The first-order chi connectivity index (χ1) is 7.62. The van der Waals surface area contributed by atoms with Gasteiger partial charge >= 0.3 is 0 Å². The zero-order chi connectivity index (χ0) is 11.6. The number of Topliss-reactive ketones (excluding diaryl/α,β-unsaturated/α-hetero) is 1. The molecule has 1 heterocycles. The van der Waals surface area contributed by atoms with E-state index in [1.54, 1.807) is 0 Å². The molecule has 0 saturated carbocycles. The Hall–Kier alpha value is -0.280. The van der Waals surface area contributed by atoms with Crippen LogP contribution in [0.15, 0.2) is 28.7 Å². The van der Waals surface area contributed by atoms with Gasteiger partial charge in [0, 0.05) is 10.9 Å². The van der Waals surface area contributed by atoms with Gasteiger partial charge in [0.25, 0.3) is 0 Å². The minimum atomic E-state index is -0.144. The van der Waals surface area contributed by atoms with E-state index >= 15 is 0 Å². The average molecular weight is 299 g/mol. The van der Waals surface area contributed by atoms with Crippen LogP contribution in [0.5, 0.6) is 0 Å². The topological polar surface area (TPSA) is 17.1 Å². The van der Waals surface area contributed by atoms with E-state index in [-0.39, 0.29) is 4.75 Å². The first-order valence-electron chi connectivity index (χ1n) is 5.52. The lowest BCUT2D eigenvalue weighted by atomic mass is 9.95. The summed E-state index contributed by atoms with van der Waals surface area (Å²) in [7, 11) is 0. The molecule has 2 rings (SSSR count).